The first-order chi connectivity index (χ1) is 8.99. The van der Waals surface area contributed by atoms with Crippen molar-refractivity contribution >= 4 is 11.8 Å². The Labute approximate surface area is 111 Å². The summed E-state index contributed by atoms with van der Waals surface area (Å²) in [6, 6.07) is 1.63. The lowest BCUT2D eigenvalue weighted by molar-refractivity contribution is 0.0696. The normalized spacial score (nSPS) is 14.3. The number of rotatable bonds is 5. The van der Waals surface area contributed by atoms with E-state index in [4.69, 9.17) is 0 Å². The number of pyridine rings is 1. The third kappa shape index (κ3) is 2.69. The van der Waals surface area contributed by atoms with Gasteiger partial charge in [0.2, 0.25) is 0 Å². The van der Waals surface area contributed by atoms with Crippen LogP contribution in [-0.4, -0.2) is 45.0 Å². The molecule has 0 saturated heterocycles. The van der Waals surface area contributed by atoms with E-state index in [1.54, 1.807) is 13.0 Å². The summed E-state index contributed by atoms with van der Waals surface area (Å²) < 4.78 is 0. The molecule has 0 atom stereocenters. The maximum atomic E-state index is 11.3. The summed E-state index contributed by atoms with van der Waals surface area (Å²) >= 11 is 0. The van der Waals surface area contributed by atoms with E-state index in [0.717, 1.165) is 30.5 Å². The van der Waals surface area contributed by atoms with E-state index in [1.165, 1.54) is 0 Å². The molecular formula is C13H18N2O4. The van der Waals surface area contributed by atoms with Crippen LogP contribution >= 0.6 is 0 Å². The number of hydrogen-bond acceptors (Lipinski definition) is 5. The van der Waals surface area contributed by atoms with Gasteiger partial charge in [0.15, 0.2) is 0 Å². The molecule has 1 heterocycles. The minimum Gasteiger partial charge on any atom is -0.478 e. The van der Waals surface area contributed by atoms with Crippen molar-refractivity contribution in [2.75, 3.05) is 18.5 Å². The fourth-order valence-corrected chi connectivity index (χ4v) is 2.15. The van der Waals surface area contributed by atoms with Crippen molar-refractivity contribution in [2.24, 2.45) is 0 Å². The van der Waals surface area contributed by atoms with Crippen LogP contribution in [-0.2, 0) is 12.8 Å². The first-order valence-electron chi connectivity index (χ1n) is 6.25. The lowest BCUT2D eigenvalue weighted by Crippen LogP contribution is -2.43. The Kier molecular flexibility index (Phi) is 3.73. The van der Waals surface area contributed by atoms with Gasteiger partial charge in [-0.05, 0) is 37.8 Å². The zero-order chi connectivity index (χ0) is 14.0. The van der Waals surface area contributed by atoms with Gasteiger partial charge in [0.1, 0.15) is 11.4 Å². The molecule has 1 aromatic rings. The number of fused-ring (bicyclic) bond motifs is 1. The largest absolute Gasteiger partial charge is 0.478 e. The van der Waals surface area contributed by atoms with E-state index in [-0.39, 0.29) is 24.6 Å². The van der Waals surface area contributed by atoms with Crippen LogP contribution in [0.1, 0.15) is 35.0 Å². The lowest BCUT2D eigenvalue weighted by atomic mass is 10.0. The summed E-state index contributed by atoms with van der Waals surface area (Å²) in [4.78, 5) is 15.6. The van der Waals surface area contributed by atoms with E-state index < -0.39 is 11.5 Å². The molecule has 0 aliphatic heterocycles. The van der Waals surface area contributed by atoms with Crippen LogP contribution in [0.3, 0.4) is 0 Å². The Bertz CT molecular complexity index is 498. The molecular weight excluding hydrogens is 248 g/mol. The smallest absolute Gasteiger partial charge is 0.339 e. The summed E-state index contributed by atoms with van der Waals surface area (Å²) in [6.45, 7) is 0.968. The van der Waals surface area contributed by atoms with Gasteiger partial charge in [-0.25, -0.2) is 9.78 Å². The van der Waals surface area contributed by atoms with Crippen molar-refractivity contribution in [3.63, 3.8) is 0 Å². The van der Waals surface area contributed by atoms with Gasteiger partial charge in [0.25, 0.3) is 0 Å². The highest BCUT2D eigenvalue weighted by Crippen LogP contribution is 2.27. The van der Waals surface area contributed by atoms with Crippen molar-refractivity contribution < 1.29 is 20.1 Å². The SMILES string of the molecule is CC(CO)(CO)Nc1nc2c(cc1C(=O)O)CCC2. The number of aryl methyl sites for hydroxylation is 2. The second kappa shape index (κ2) is 5.14. The van der Waals surface area contributed by atoms with E-state index >= 15 is 0 Å². The Hall–Kier alpha value is -1.66. The molecule has 0 unspecified atom stereocenters. The lowest BCUT2D eigenvalue weighted by Gasteiger charge is -2.27. The second-order valence-corrected chi connectivity index (χ2v) is 5.15. The predicted octanol–water partition coefficient (Wildman–Crippen LogP) is 0.424. The number of aliphatic hydroxyl groups excluding tert-OH is 2. The Morgan fingerprint density at radius 3 is 2.68 bits per heavy atom. The molecule has 1 aromatic heterocycles. The number of carboxylic acids is 1. The van der Waals surface area contributed by atoms with Crippen LogP contribution in [0.15, 0.2) is 6.07 Å². The Balaban J connectivity index is 2.41. The number of anilines is 1. The van der Waals surface area contributed by atoms with Gasteiger partial charge < -0.3 is 20.6 Å². The van der Waals surface area contributed by atoms with Gasteiger partial charge in [-0.1, -0.05) is 0 Å². The summed E-state index contributed by atoms with van der Waals surface area (Å²) in [5.41, 5.74) is 0.946. The molecule has 0 radical (unpaired) electrons. The fraction of sp³-hybridized carbons (Fsp3) is 0.538. The topological polar surface area (TPSA) is 103 Å². The Morgan fingerprint density at radius 1 is 1.42 bits per heavy atom. The maximum absolute atomic E-state index is 11.3. The van der Waals surface area contributed by atoms with Gasteiger partial charge in [0.05, 0.1) is 18.8 Å². The molecule has 6 heteroatoms. The van der Waals surface area contributed by atoms with Gasteiger partial charge in [0, 0.05) is 5.69 Å². The van der Waals surface area contributed by atoms with E-state index in [2.05, 4.69) is 10.3 Å². The highest BCUT2D eigenvalue weighted by Gasteiger charge is 2.27. The number of aliphatic hydroxyl groups is 2. The van der Waals surface area contributed by atoms with E-state index in [9.17, 15) is 20.1 Å². The first kappa shape index (κ1) is 13.8. The zero-order valence-electron chi connectivity index (χ0n) is 10.8. The van der Waals surface area contributed by atoms with Gasteiger partial charge in [-0.2, -0.15) is 0 Å². The minimum absolute atomic E-state index is 0.0776. The van der Waals surface area contributed by atoms with Gasteiger partial charge >= 0.3 is 5.97 Å². The Morgan fingerprint density at radius 2 is 2.11 bits per heavy atom. The summed E-state index contributed by atoms with van der Waals surface area (Å²) in [6.07, 6.45) is 2.65. The third-order valence-electron chi connectivity index (χ3n) is 3.40. The second-order valence-electron chi connectivity index (χ2n) is 5.15. The summed E-state index contributed by atoms with van der Waals surface area (Å²) in [5, 5.41) is 30.6. The highest BCUT2D eigenvalue weighted by atomic mass is 16.4. The molecule has 4 N–H and O–H groups in total. The number of nitrogens with zero attached hydrogens (tertiary/aromatic N) is 1. The molecule has 1 aliphatic rings. The number of carbonyl (C=O) groups is 1. The van der Waals surface area contributed by atoms with Crippen molar-refractivity contribution in [1.82, 2.24) is 4.98 Å². The monoisotopic (exact) mass is 266 g/mol. The zero-order valence-corrected chi connectivity index (χ0v) is 10.8. The maximum Gasteiger partial charge on any atom is 0.339 e. The number of carboxylic acid groups (broad SMARTS) is 1. The quantitative estimate of drug-likeness (QED) is 0.616. The number of aromatic carboxylic acids is 1. The number of nitrogens with one attached hydrogen (secondary N) is 1. The van der Waals surface area contributed by atoms with Crippen LogP contribution in [0.25, 0.3) is 0 Å². The molecule has 0 spiro atoms. The average Bonchev–Trinajstić information content (AvgIpc) is 2.84. The standard InChI is InChI=1S/C13H18N2O4/c1-13(6-16,7-17)15-11-9(12(18)19)5-8-3-2-4-10(8)14-11/h5,16-17H,2-4,6-7H2,1H3,(H,14,15)(H,18,19). The van der Waals surface area contributed by atoms with Crippen molar-refractivity contribution in [3.05, 3.63) is 22.9 Å². The van der Waals surface area contributed by atoms with Gasteiger partial charge in [-0.15, -0.1) is 0 Å². The van der Waals surface area contributed by atoms with Crippen molar-refractivity contribution in [1.29, 1.82) is 0 Å². The van der Waals surface area contributed by atoms with Gasteiger partial charge in [-0.3, -0.25) is 0 Å². The van der Waals surface area contributed by atoms with Crippen LogP contribution in [0, 0.1) is 0 Å². The summed E-state index contributed by atoms with van der Waals surface area (Å²) in [5.74, 6) is -0.860. The molecule has 1 aliphatic carbocycles. The average molecular weight is 266 g/mol. The molecule has 0 bridgehead atoms. The minimum atomic E-state index is -1.07. The van der Waals surface area contributed by atoms with Crippen LogP contribution in [0.5, 0.6) is 0 Å². The molecule has 0 saturated carbocycles. The summed E-state index contributed by atoms with van der Waals surface area (Å²) in [7, 11) is 0. The number of aromatic nitrogens is 1. The first-order valence-corrected chi connectivity index (χ1v) is 6.25. The van der Waals surface area contributed by atoms with Crippen molar-refractivity contribution in [2.45, 2.75) is 31.7 Å². The molecule has 0 aromatic carbocycles. The van der Waals surface area contributed by atoms with Crippen LogP contribution in [0.2, 0.25) is 0 Å². The molecule has 104 valence electrons. The van der Waals surface area contributed by atoms with E-state index in [0.29, 0.717) is 0 Å². The van der Waals surface area contributed by atoms with Crippen molar-refractivity contribution in [3.8, 4) is 0 Å². The molecule has 19 heavy (non-hydrogen) atoms. The third-order valence-corrected chi connectivity index (χ3v) is 3.40. The predicted molar refractivity (Wildman–Crippen MR) is 69.4 cm³/mol. The fourth-order valence-electron chi connectivity index (χ4n) is 2.15. The highest BCUT2D eigenvalue weighted by molar-refractivity contribution is 5.93. The van der Waals surface area contributed by atoms with Crippen LogP contribution in [0.4, 0.5) is 5.82 Å². The van der Waals surface area contributed by atoms with Crippen LogP contribution < -0.4 is 5.32 Å². The molecule has 0 fully saturated rings. The molecule has 2 rings (SSSR count). The van der Waals surface area contributed by atoms with E-state index in [1.807, 2.05) is 0 Å². The molecule has 0 amide bonds. The molecule has 6 nitrogen and oxygen atoms in total. The number of hydrogen-bond donors (Lipinski definition) is 4.